The van der Waals surface area contributed by atoms with E-state index in [-0.39, 0.29) is 12.0 Å². The predicted octanol–water partition coefficient (Wildman–Crippen LogP) is 3.04. The lowest BCUT2D eigenvalue weighted by atomic mass is 9.95. The maximum atomic E-state index is 11.8. The molecule has 0 saturated heterocycles. The van der Waals surface area contributed by atoms with E-state index in [1.165, 1.54) is 25.7 Å². The summed E-state index contributed by atoms with van der Waals surface area (Å²) in [4.78, 5) is 11.8. The van der Waals surface area contributed by atoms with Crippen LogP contribution >= 0.6 is 0 Å². The fraction of sp³-hybridized carbons (Fsp3) is 0.923. The van der Waals surface area contributed by atoms with Gasteiger partial charge in [0.25, 0.3) is 0 Å². The van der Waals surface area contributed by atoms with Crippen molar-refractivity contribution in [1.82, 2.24) is 0 Å². The molecule has 0 heterocycles. The first kappa shape index (κ1) is 12.7. The number of carbonyl (C=O) groups is 1. The number of ketones is 1. The van der Waals surface area contributed by atoms with E-state index in [4.69, 9.17) is 5.73 Å². The highest BCUT2D eigenvalue weighted by Crippen LogP contribution is 2.26. The average Bonchev–Trinajstić information content (AvgIpc) is 2.64. The van der Waals surface area contributed by atoms with E-state index >= 15 is 0 Å². The lowest BCUT2D eigenvalue weighted by molar-refractivity contribution is -0.123. The second-order valence-corrected chi connectivity index (χ2v) is 4.83. The summed E-state index contributed by atoms with van der Waals surface area (Å²) < 4.78 is 0. The molecule has 0 spiro atoms. The number of carbonyl (C=O) groups excluding carboxylic acids is 1. The van der Waals surface area contributed by atoms with Crippen LogP contribution in [0.5, 0.6) is 0 Å². The Morgan fingerprint density at radius 2 is 1.93 bits per heavy atom. The minimum absolute atomic E-state index is 0.160. The van der Waals surface area contributed by atoms with Crippen LogP contribution in [-0.4, -0.2) is 11.8 Å². The van der Waals surface area contributed by atoms with Crippen molar-refractivity contribution in [1.29, 1.82) is 0 Å². The summed E-state index contributed by atoms with van der Waals surface area (Å²) in [6.45, 7) is 2.21. The molecular weight excluding hydrogens is 186 g/mol. The van der Waals surface area contributed by atoms with Crippen LogP contribution in [0.25, 0.3) is 0 Å². The summed E-state index contributed by atoms with van der Waals surface area (Å²) in [7, 11) is 0. The standard InChI is InChI=1S/C13H25NO/c1-2-3-4-5-6-10-13(15)11-8-7-9-12(11)14/h11-12H,2-10,14H2,1H3. The molecule has 0 radical (unpaired) electrons. The van der Waals surface area contributed by atoms with Gasteiger partial charge >= 0.3 is 0 Å². The SMILES string of the molecule is CCCCCCCC(=O)C1CCCC1N. The quantitative estimate of drug-likeness (QED) is 0.658. The van der Waals surface area contributed by atoms with Crippen LogP contribution in [-0.2, 0) is 4.79 Å². The fourth-order valence-electron chi connectivity index (χ4n) is 2.48. The minimum Gasteiger partial charge on any atom is -0.327 e. The number of hydrogen-bond acceptors (Lipinski definition) is 2. The molecule has 2 atom stereocenters. The van der Waals surface area contributed by atoms with Crippen molar-refractivity contribution < 1.29 is 4.79 Å². The Kier molecular flexibility index (Phi) is 5.92. The Hall–Kier alpha value is -0.370. The zero-order valence-corrected chi connectivity index (χ0v) is 10.0. The van der Waals surface area contributed by atoms with Gasteiger partial charge in [0.15, 0.2) is 0 Å². The largest absolute Gasteiger partial charge is 0.327 e. The molecule has 1 rings (SSSR count). The van der Waals surface area contributed by atoms with Crippen molar-refractivity contribution >= 4 is 5.78 Å². The highest BCUT2D eigenvalue weighted by Gasteiger charge is 2.29. The molecule has 2 nitrogen and oxygen atoms in total. The molecule has 0 aromatic rings. The zero-order chi connectivity index (χ0) is 11.1. The van der Waals surface area contributed by atoms with Crippen LogP contribution in [0.1, 0.15) is 64.7 Å². The first-order valence-electron chi connectivity index (χ1n) is 6.54. The lowest BCUT2D eigenvalue weighted by Crippen LogP contribution is -2.30. The Bertz CT molecular complexity index is 191. The molecule has 1 aliphatic rings. The fourth-order valence-corrected chi connectivity index (χ4v) is 2.48. The van der Waals surface area contributed by atoms with E-state index in [1.807, 2.05) is 0 Å². The van der Waals surface area contributed by atoms with Crippen LogP contribution in [0, 0.1) is 5.92 Å². The number of hydrogen-bond donors (Lipinski definition) is 1. The molecule has 88 valence electrons. The third kappa shape index (κ3) is 4.33. The topological polar surface area (TPSA) is 43.1 Å². The number of rotatable bonds is 7. The Balaban J connectivity index is 2.08. The molecule has 1 fully saturated rings. The van der Waals surface area contributed by atoms with Crippen LogP contribution in [0.15, 0.2) is 0 Å². The molecule has 2 N–H and O–H groups in total. The monoisotopic (exact) mass is 211 g/mol. The molecule has 0 bridgehead atoms. The molecule has 0 amide bonds. The van der Waals surface area contributed by atoms with Gasteiger partial charge in [-0.3, -0.25) is 4.79 Å². The maximum Gasteiger partial charge on any atom is 0.137 e. The van der Waals surface area contributed by atoms with E-state index in [0.29, 0.717) is 5.78 Å². The van der Waals surface area contributed by atoms with Gasteiger partial charge in [-0.15, -0.1) is 0 Å². The Labute approximate surface area is 93.6 Å². The van der Waals surface area contributed by atoms with Crippen LogP contribution < -0.4 is 5.73 Å². The average molecular weight is 211 g/mol. The minimum atomic E-state index is 0.160. The molecule has 0 aromatic carbocycles. The van der Waals surface area contributed by atoms with E-state index in [9.17, 15) is 4.79 Å². The lowest BCUT2D eigenvalue weighted by Gasteiger charge is -2.13. The number of Topliss-reactive ketones (excluding diaryl/α,β-unsaturated/α-hetero) is 1. The van der Waals surface area contributed by atoms with Gasteiger partial charge in [0, 0.05) is 18.4 Å². The summed E-state index contributed by atoms with van der Waals surface area (Å²) in [5.41, 5.74) is 5.91. The normalized spacial score (nSPS) is 25.7. The zero-order valence-electron chi connectivity index (χ0n) is 10.0. The maximum absolute atomic E-state index is 11.8. The van der Waals surface area contributed by atoms with Crippen molar-refractivity contribution in [2.45, 2.75) is 70.8 Å². The second-order valence-electron chi connectivity index (χ2n) is 4.83. The van der Waals surface area contributed by atoms with Crippen molar-refractivity contribution in [3.63, 3.8) is 0 Å². The van der Waals surface area contributed by atoms with Gasteiger partial charge in [-0.25, -0.2) is 0 Å². The Morgan fingerprint density at radius 3 is 2.53 bits per heavy atom. The van der Waals surface area contributed by atoms with Gasteiger partial charge < -0.3 is 5.73 Å². The van der Waals surface area contributed by atoms with Crippen molar-refractivity contribution in [3.05, 3.63) is 0 Å². The summed E-state index contributed by atoms with van der Waals surface area (Å²) in [5.74, 6) is 0.618. The summed E-state index contributed by atoms with van der Waals surface area (Å²) in [5, 5.41) is 0. The smallest absolute Gasteiger partial charge is 0.137 e. The van der Waals surface area contributed by atoms with Gasteiger partial charge in [0.05, 0.1) is 0 Å². The molecule has 1 aliphatic carbocycles. The van der Waals surface area contributed by atoms with Gasteiger partial charge in [-0.1, -0.05) is 39.0 Å². The summed E-state index contributed by atoms with van der Waals surface area (Å²) in [6, 6.07) is 0.160. The van der Waals surface area contributed by atoms with Crippen molar-refractivity contribution in [2.24, 2.45) is 11.7 Å². The highest BCUT2D eigenvalue weighted by molar-refractivity contribution is 5.81. The Morgan fingerprint density at radius 1 is 1.20 bits per heavy atom. The molecule has 2 heteroatoms. The molecule has 15 heavy (non-hydrogen) atoms. The van der Waals surface area contributed by atoms with Crippen LogP contribution in [0.4, 0.5) is 0 Å². The predicted molar refractivity (Wildman–Crippen MR) is 63.7 cm³/mol. The van der Waals surface area contributed by atoms with E-state index in [1.54, 1.807) is 0 Å². The van der Waals surface area contributed by atoms with Gasteiger partial charge in [0.2, 0.25) is 0 Å². The first-order valence-corrected chi connectivity index (χ1v) is 6.54. The van der Waals surface area contributed by atoms with E-state index in [2.05, 4.69) is 6.92 Å². The molecular formula is C13H25NO. The molecule has 1 saturated carbocycles. The third-order valence-corrected chi connectivity index (χ3v) is 3.51. The van der Waals surface area contributed by atoms with Gasteiger partial charge in [-0.05, 0) is 19.3 Å². The van der Waals surface area contributed by atoms with Crippen molar-refractivity contribution in [2.75, 3.05) is 0 Å². The molecule has 2 unspecified atom stereocenters. The number of unbranched alkanes of at least 4 members (excludes halogenated alkanes) is 4. The first-order chi connectivity index (χ1) is 7.25. The molecule has 0 aliphatic heterocycles. The highest BCUT2D eigenvalue weighted by atomic mass is 16.1. The van der Waals surface area contributed by atoms with E-state index < -0.39 is 0 Å². The van der Waals surface area contributed by atoms with Gasteiger partial charge in [-0.2, -0.15) is 0 Å². The van der Waals surface area contributed by atoms with Crippen LogP contribution in [0.2, 0.25) is 0 Å². The van der Waals surface area contributed by atoms with Crippen LogP contribution in [0.3, 0.4) is 0 Å². The third-order valence-electron chi connectivity index (χ3n) is 3.51. The van der Waals surface area contributed by atoms with E-state index in [0.717, 1.165) is 32.1 Å². The number of nitrogens with two attached hydrogens (primary N) is 1. The van der Waals surface area contributed by atoms with Gasteiger partial charge in [0.1, 0.15) is 5.78 Å². The molecule has 0 aromatic heterocycles. The summed E-state index contributed by atoms with van der Waals surface area (Å²) >= 11 is 0. The summed E-state index contributed by atoms with van der Waals surface area (Å²) in [6.07, 6.45) is 10.1. The van der Waals surface area contributed by atoms with Crippen molar-refractivity contribution in [3.8, 4) is 0 Å². The second kappa shape index (κ2) is 7.00.